The van der Waals surface area contributed by atoms with Crippen LogP contribution < -0.4 is 5.32 Å². The van der Waals surface area contributed by atoms with E-state index in [9.17, 15) is 0 Å². The van der Waals surface area contributed by atoms with E-state index in [1.165, 1.54) is 18.5 Å². The molecular formula is C21H27N5. The number of hydrogen-bond donors (Lipinski definition) is 1. The smallest absolute Gasteiger partial charge is 0.160 e. The van der Waals surface area contributed by atoms with E-state index >= 15 is 0 Å². The Balaban J connectivity index is 1.41. The first-order valence-electron chi connectivity index (χ1n) is 9.44. The summed E-state index contributed by atoms with van der Waals surface area (Å²) in [5, 5.41) is 8.28. The maximum atomic E-state index is 4.65. The standard InChI is InChI=1S/C21H27N5/c1-15-11-20(26-21(23-15)16(2)17(3)24-26)22-12-19-9-10-25(14-19)13-18-7-5-4-6-8-18/h4-8,11,19,22H,9-10,12-14H2,1-3H3/t19-/m1/s1. The van der Waals surface area contributed by atoms with Gasteiger partial charge in [-0.25, -0.2) is 4.98 Å². The van der Waals surface area contributed by atoms with Gasteiger partial charge in [0.05, 0.1) is 5.69 Å². The van der Waals surface area contributed by atoms with Crippen molar-refractivity contribution >= 4 is 11.5 Å². The quantitative estimate of drug-likeness (QED) is 0.765. The fourth-order valence-corrected chi connectivity index (χ4v) is 3.79. The molecule has 1 aliphatic heterocycles. The van der Waals surface area contributed by atoms with Crippen LogP contribution in [0.4, 0.5) is 5.82 Å². The van der Waals surface area contributed by atoms with Crippen molar-refractivity contribution in [2.75, 3.05) is 25.0 Å². The van der Waals surface area contributed by atoms with Crippen LogP contribution in [0, 0.1) is 26.7 Å². The number of aromatic nitrogens is 3. The van der Waals surface area contributed by atoms with Gasteiger partial charge in [0.1, 0.15) is 5.82 Å². The van der Waals surface area contributed by atoms with Crippen molar-refractivity contribution in [1.82, 2.24) is 19.5 Å². The molecule has 1 atom stereocenters. The highest BCUT2D eigenvalue weighted by atomic mass is 15.3. The molecule has 1 aliphatic rings. The molecule has 0 unspecified atom stereocenters. The number of nitrogens with zero attached hydrogens (tertiary/aromatic N) is 4. The molecule has 5 heteroatoms. The Labute approximate surface area is 155 Å². The third-order valence-corrected chi connectivity index (χ3v) is 5.38. The zero-order valence-corrected chi connectivity index (χ0v) is 15.9. The lowest BCUT2D eigenvalue weighted by molar-refractivity contribution is 0.319. The minimum Gasteiger partial charge on any atom is -0.370 e. The minimum absolute atomic E-state index is 0.667. The third kappa shape index (κ3) is 3.44. The molecule has 136 valence electrons. The van der Waals surface area contributed by atoms with Gasteiger partial charge in [0.25, 0.3) is 0 Å². The van der Waals surface area contributed by atoms with Crippen LogP contribution in [0.3, 0.4) is 0 Å². The molecule has 0 saturated carbocycles. The van der Waals surface area contributed by atoms with Gasteiger partial charge in [-0.05, 0) is 45.2 Å². The van der Waals surface area contributed by atoms with Gasteiger partial charge in [0, 0.05) is 37.0 Å². The summed E-state index contributed by atoms with van der Waals surface area (Å²) >= 11 is 0. The largest absolute Gasteiger partial charge is 0.370 e. The first-order chi connectivity index (χ1) is 12.6. The maximum Gasteiger partial charge on any atom is 0.160 e. The number of anilines is 1. The second-order valence-electron chi connectivity index (χ2n) is 7.48. The van der Waals surface area contributed by atoms with Crippen LogP contribution in [0.2, 0.25) is 0 Å². The van der Waals surface area contributed by atoms with Crippen molar-refractivity contribution < 1.29 is 0 Å². The second-order valence-corrected chi connectivity index (χ2v) is 7.48. The Kier molecular flexibility index (Phi) is 4.64. The van der Waals surface area contributed by atoms with E-state index in [0.717, 1.165) is 48.1 Å². The fourth-order valence-electron chi connectivity index (χ4n) is 3.79. The summed E-state index contributed by atoms with van der Waals surface area (Å²) in [5.74, 6) is 1.71. The van der Waals surface area contributed by atoms with Crippen LogP contribution in [-0.4, -0.2) is 39.1 Å². The number of likely N-dealkylation sites (tertiary alicyclic amines) is 1. The molecule has 1 fully saturated rings. The van der Waals surface area contributed by atoms with Gasteiger partial charge < -0.3 is 5.32 Å². The molecule has 1 N–H and O–H groups in total. The predicted molar refractivity (Wildman–Crippen MR) is 106 cm³/mol. The zero-order valence-electron chi connectivity index (χ0n) is 15.9. The van der Waals surface area contributed by atoms with E-state index in [1.807, 2.05) is 18.4 Å². The number of nitrogens with one attached hydrogen (secondary N) is 1. The van der Waals surface area contributed by atoms with E-state index in [0.29, 0.717) is 5.92 Å². The molecule has 3 heterocycles. The summed E-state index contributed by atoms with van der Waals surface area (Å²) in [7, 11) is 0. The lowest BCUT2D eigenvalue weighted by Crippen LogP contribution is -2.23. The molecule has 3 aromatic rings. The van der Waals surface area contributed by atoms with Crippen LogP contribution in [0.15, 0.2) is 36.4 Å². The van der Waals surface area contributed by atoms with Gasteiger partial charge in [-0.1, -0.05) is 30.3 Å². The van der Waals surface area contributed by atoms with Crippen LogP contribution in [0.1, 0.15) is 28.9 Å². The average molecular weight is 349 g/mol. The molecule has 1 aromatic carbocycles. The van der Waals surface area contributed by atoms with Crippen molar-refractivity contribution in [3.63, 3.8) is 0 Å². The van der Waals surface area contributed by atoms with Crippen LogP contribution in [-0.2, 0) is 6.54 Å². The molecule has 4 rings (SSSR count). The molecule has 26 heavy (non-hydrogen) atoms. The van der Waals surface area contributed by atoms with Crippen molar-refractivity contribution in [2.24, 2.45) is 5.92 Å². The molecule has 0 bridgehead atoms. The third-order valence-electron chi connectivity index (χ3n) is 5.38. The lowest BCUT2D eigenvalue weighted by atomic mass is 10.1. The van der Waals surface area contributed by atoms with E-state index in [4.69, 9.17) is 0 Å². The summed E-state index contributed by atoms with van der Waals surface area (Å²) in [6.07, 6.45) is 1.24. The number of benzene rings is 1. The van der Waals surface area contributed by atoms with Crippen molar-refractivity contribution in [1.29, 1.82) is 0 Å². The Bertz CT molecular complexity index is 900. The Morgan fingerprint density at radius 1 is 1.15 bits per heavy atom. The summed E-state index contributed by atoms with van der Waals surface area (Å²) in [5.41, 5.74) is 5.59. The molecule has 0 spiro atoms. The predicted octanol–water partition coefficient (Wildman–Crippen LogP) is 3.59. The summed E-state index contributed by atoms with van der Waals surface area (Å²) in [6, 6.07) is 12.8. The number of aryl methyl sites for hydroxylation is 3. The second kappa shape index (κ2) is 7.08. The Morgan fingerprint density at radius 3 is 2.77 bits per heavy atom. The van der Waals surface area contributed by atoms with E-state index in [1.54, 1.807) is 0 Å². The van der Waals surface area contributed by atoms with Gasteiger partial charge in [0.2, 0.25) is 0 Å². The molecular weight excluding hydrogens is 322 g/mol. The molecule has 1 saturated heterocycles. The van der Waals surface area contributed by atoms with Crippen molar-refractivity contribution in [3.8, 4) is 0 Å². The fraction of sp³-hybridized carbons (Fsp3) is 0.429. The normalized spacial score (nSPS) is 17.9. The van der Waals surface area contributed by atoms with Crippen LogP contribution in [0.25, 0.3) is 5.65 Å². The Hall–Kier alpha value is -2.40. The Morgan fingerprint density at radius 2 is 1.96 bits per heavy atom. The summed E-state index contributed by atoms with van der Waals surface area (Å²) in [4.78, 5) is 7.20. The van der Waals surface area contributed by atoms with Gasteiger partial charge >= 0.3 is 0 Å². The topological polar surface area (TPSA) is 45.5 Å². The number of fused-ring (bicyclic) bond motifs is 1. The summed E-state index contributed by atoms with van der Waals surface area (Å²) in [6.45, 7) is 10.5. The highest BCUT2D eigenvalue weighted by Gasteiger charge is 2.22. The van der Waals surface area contributed by atoms with Gasteiger partial charge in [-0.3, -0.25) is 4.90 Å². The molecule has 0 aliphatic carbocycles. The first kappa shape index (κ1) is 17.0. The monoisotopic (exact) mass is 349 g/mol. The van der Waals surface area contributed by atoms with E-state index in [-0.39, 0.29) is 0 Å². The van der Waals surface area contributed by atoms with Gasteiger partial charge in [0.15, 0.2) is 5.65 Å². The number of rotatable bonds is 5. The van der Waals surface area contributed by atoms with Crippen molar-refractivity contribution in [2.45, 2.75) is 33.7 Å². The SMILES string of the molecule is Cc1cc(NC[C@H]2CCN(Cc3ccccc3)C2)n2nc(C)c(C)c2n1. The minimum atomic E-state index is 0.667. The van der Waals surface area contributed by atoms with Crippen LogP contribution in [0.5, 0.6) is 0 Å². The molecule has 0 radical (unpaired) electrons. The highest BCUT2D eigenvalue weighted by Crippen LogP contribution is 2.21. The average Bonchev–Trinajstić information content (AvgIpc) is 3.19. The number of hydrogen-bond acceptors (Lipinski definition) is 4. The first-order valence-corrected chi connectivity index (χ1v) is 9.44. The van der Waals surface area contributed by atoms with Crippen molar-refractivity contribution in [3.05, 3.63) is 58.9 Å². The molecule has 0 amide bonds. The van der Waals surface area contributed by atoms with E-state index < -0.39 is 0 Å². The van der Waals surface area contributed by atoms with Gasteiger partial charge in [-0.2, -0.15) is 9.61 Å². The van der Waals surface area contributed by atoms with Crippen LogP contribution >= 0.6 is 0 Å². The summed E-state index contributed by atoms with van der Waals surface area (Å²) < 4.78 is 1.95. The molecule has 2 aromatic heterocycles. The van der Waals surface area contributed by atoms with Gasteiger partial charge in [-0.15, -0.1) is 0 Å². The maximum absolute atomic E-state index is 4.65. The highest BCUT2D eigenvalue weighted by molar-refractivity contribution is 5.55. The molecule has 5 nitrogen and oxygen atoms in total. The zero-order chi connectivity index (χ0) is 18.1. The lowest BCUT2D eigenvalue weighted by Gasteiger charge is -2.17. The van der Waals surface area contributed by atoms with E-state index in [2.05, 4.69) is 63.6 Å².